The highest BCUT2D eigenvalue weighted by Gasteiger charge is 2.35. The van der Waals surface area contributed by atoms with E-state index in [0.29, 0.717) is 18.5 Å². The molecular weight excluding hydrogens is 226 g/mol. The van der Waals surface area contributed by atoms with E-state index in [1.54, 1.807) is 12.5 Å². The molecule has 1 aromatic rings. The van der Waals surface area contributed by atoms with Crippen molar-refractivity contribution in [3.63, 3.8) is 0 Å². The molecule has 0 saturated carbocycles. The number of nitrogens with two attached hydrogens (primary N) is 1. The third kappa shape index (κ3) is 2.68. The molecule has 2 N–H and O–H groups in total. The zero-order chi connectivity index (χ0) is 13.1. The Hall–Kier alpha value is -1.04. The Morgan fingerprint density at radius 1 is 1.50 bits per heavy atom. The number of hydrogen-bond donors (Lipinski definition) is 1. The number of likely N-dealkylation sites (tertiary alicyclic amines) is 1. The Morgan fingerprint density at radius 3 is 2.78 bits per heavy atom. The molecule has 1 fully saturated rings. The van der Waals surface area contributed by atoms with Crippen LogP contribution in [0, 0.1) is 5.92 Å². The van der Waals surface area contributed by atoms with E-state index >= 15 is 0 Å². The highest BCUT2D eigenvalue weighted by molar-refractivity contribution is 5.07. The number of aromatic nitrogens is 2. The van der Waals surface area contributed by atoms with Gasteiger partial charge in [-0.3, -0.25) is 4.90 Å². The fraction of sp³-hybridized carbons (Fsp3) is 0.692. The first-order valence-electron chi connectivity index (χ1n) is 6.50. The van der Waals surface area contributed by atoms with Gasteiger partial charge in [0, 0.05) is 31.9 Å². The van der Waals surface area contributed by atoms with E-state index in [0.717, 1.165) is 18.8 Å². The van der Waals surface area contributed by atoms with Crippen molar-refractivity contribution >= 4 is 0 Å². The summed E-state index contributed by atoms with van der Waals surface area (Å²) < 4.78 is 0. The Morgan fingerprint density at radius 2 is 2.28 bits per heavy atom. The summed E-state index contributed by atoms with van der Waals surface area (Å²) in [5, 5.41) is 0. The maximum absolute atomic E-state index is 5.94. The van der Waals surface area contributed by atoms with Crippen LogP contribution in [0.2, 0.25) is 0 Å². The molecule has 3 atom stereocenters. The van der Waals surface area contributed by atoms with Crippen LogP contribution in [0.5, 0.6) is 0 Å². The van der Waals surface area contributed by atoms with Crippen molar-refractivity contribution in [3.8, 4) is 0 Å². The molecule has 0 aromatic carbocycles. The van der Waals surface area contributed by atoms with Crippen molar-refractivity contribution in [1.29, 1.82) is 0 Å². The first kappa shape index (κ1) is 13.4. The lowest BCUT2D eigenvalue weighted by Crippen LogP contribution is -2.37. The van der Waals surface area contributed by atoms with Crippen molar-refractivity contribution in [2.24, 2.45) is 11.7 Å². The van der Waals surface area contributed by atoms with Crippen molar-refractivity contribution in [2.75, 3.05) is 33.7 Å². The summed E-state index contributed by atoms with van der Waals surface area (Å²) >= 11 is 0. The predicted molar refractivity (Wildman–Crippen MR) is 72.0 cm³/mol. The lowest BCUT2D eigenvalue weighted by atomic mass is 10.1. The van der Waals surface area contributed by atoms with Gasteiger partial charge in [-0.15, -0.1) is 0 Å². The molecule has 1 aliphatic heterocycles. The van der Waals surface area contributed by atoms with Crippen molar-refractivity contribution in [1.82, 2.24) is 19.8 Å². The maximum Gasteiger partial charge on any atom is 0.115 e. The molecule has 100 valence electrons. The van der Waals surface area contributed by atoms with E-state index in [1.807, 2.05) is 6.07 Å². The van der Waals surface area contributed by atoms with Gasteiger partial charge in [-0.05, 0) is 26.1 Å². The zero-order valence-corrected chi connectivity index (χ0v) is 11.5. The highest BCUT2D eigenvalue weighted by atomic mass is 15.3. The average Bonchev–Trinajstić information content (AvgIpc) is 2.74. The molecule has 1 aliphatic rings. The van der Waals surface area contributed by atoms with Crippen molar-refractivity contribution in [2.45, 2.75) is 19.0 Å². The van der Waals surface area contributed by atoms with Crippen LogP contribution in [0.3, 0.4) is 0 Å². The monoisotopic (exact) mass is 249 g/mol. The number of hydrogen-bond acceptors (Lipinski definition) is 5. The minimum atomic E-state index is 0.209. The van der Waals surface area contributed by atoms with Gasteiger partial charge in [0.05, 0.1) is 11.7 Å². The molecule has 0 amide bonds. The summed E-state index contributed by atoms with van der Waals surface area (Å²) in [5.41, 5.74) is 6.96. The third-order valence-electron chi connectivity index (χ3n) is 3.87. The largest absolute Gasteiger partial charge is 0.329 e. The molecule has 2 heterocycles. The van der Waals surface area contributed by atoms with E-state index in [-0.39, 0.29) is 6.04 Å². The first-order valence-corrected chi connectivity index (χ1v) is 6.50. The van der Waals surface area contributed by atoms with E-state index in [2.05, 4.69) is 40.8 Å². The van der Waals surface area contributed by atoms with Gasteiger partial charge in [-0.2, -0.15) is 0 Å². The van der Waals surface area contributed by atoms with Gasteiger partial charge in [-0.1, -0.05) is 6.92 Å². The quantitative estimate of drug-likeness (QED) is 0.835. The van der Waals surface area contributed by atoms with Crippen molar-refractivity contribution < 1.29 is 0 Å². The molecule has 5 heteroatoms. The molecule has 18 heavy (non-hydrogen) atoms. The van der Waals surface area contributed by atoms with Crippen LogP contribution in [0.15, 0.2) is 18.6 Å². The van der Waals surface area contributed by atoms with E-state index in [4.69, 9.17) is 5.73 Å². The minimum Gasteiger partial charge on any atom is -0.329 e. The first-order chi connectivity index (χ1) is 8.63. The van der Waals surface area contributed by atoms with E-state index in [1.165, 1.54) is 0 Å². The predicted octanol–water partition coefficient (Wildman–Crippen LogP) is 0.358. The van der Waals surface area contributed by atoms with Gasteiger partial charge < -0.3 is 10.6 Å². The van der Waals surface area contributed by atoms with Gasteiger partial charge >= 0.3 is 0 Å². The Labute approximate surface area is 109 Å². The number of likely N-dealkylation sites (N-methyl/N-ethyl adjacent to an activating group) is 1. The highest BCUT2D eigenvalue weighted by Crippen LogP contribution is 2.27. The van der Waals surface area contributed by atoms with Gasteiger partial charge in [0.15, 0.2) is 0 Å². The van der Waals surface area contributed by atoms with Crippen LogP contribution in [-0.2, 0) is 0 Å². The SMILES string of the molecule is CC1CN(C(CN)c2ccncn2)CC1N(C)C. The molecule has 0 aliphatic carbocycles. The Kier molecular flexibility index (Phi) is 4.27. The molecule has 1 aromatic heterocycles. The van der Waals surface area contributed by atoms with E-state index < -0.39 is 0 Å². The fourth-order valence-corrected chi connectivity index (χ4v) is 2.87. The normalized spacial score (nSPS) is 26.7. The van der Waals surface area contributed by atoms with Gasteiger partial charge in [0.25, 0.3) is 0 Å². The van der Waals surface area contributed by atoms with Gasteiger partial charge in [0.2, 0.25) is 0 Å². The Bertz CT molecular complexity index is 367. The van der Waals surface area contributed by atoms with Crippen LogP contribution < -0.4 is 5.73 Å². The summed E-state index contributed by atoms with van der Waals surface area (Å²) in [6.07, 6.45) is 3.38. The minimum absolute atomic E-state index is 0.209. The van der Waals surface area contributed by atoms with Crippen LogP contribution in [-0.4, -0.2) is 59.5 Å². The topological polar surface area (TPSA) is 58.3 Å². The maximum atomic E-state index is 5.94. The molecule has 2 rings (SSSR count). The van der Waals surface area contributed by atoms with Crippen LogP contribution in [0.25, 0.3) is 0 Å². The fourth-order valence-electron chi connectivity index (χ4n) is 2.87. The summed E-state index contributed by atoms with van der Waals surface area (Å²) in [4.78, 5) is 13.1. The number of rotatable bonds is 4. The van der Waals surface area contributed by atoms with E-state index in [9.17, 15) is 0 Å². The molecular formula is C13H23N5. The Balaban J connectivity index is 2.11. The van der Waals surface area contributed by atoms with Gasteiger partial charge in [0.1, 0.15) is 6.33 Å². The summed E-state index contributed by atoms with van der Waals surface area (Å²) in [6.45, 7) is 5.04. The molecule has 0 spiro atoms. The molecule has 0 radical (unpaired) electrons. The second-order valence-electron chi connectivity index (χ2n) is 5.35. The zero-order valence-electron chi connectivity index (χ0n) is 11.5. The average molecular weight is 249 g/mol. The van der Waals surface area contributed by atoms with Gasteiger partial charge in [-0.25, -0.2) is 9.97 Å². The van der Waals surface area contributed by atoms with Crippen LogP contribution in [0.1, 0.15) is 18.7 Å². The number of nitrogens with zero attached hydrogens (tertiary/aromatic N) is 4. The smallest absolute Gasteiger partial charge is 0.115 e. The van der Waals surface area contributed by atoms with Crippen LogP contribution in [0.4, 0.5) is 0 Å². The molecule has 1 saturated heterocycles. The summed E-state index contributed by atoms with van der Waals surface area (Å²) in [7, 11) is 4.29. The summed E-state index contributed by atoms with van der Waals surface area (Å²) in [5.74, 6) is 0.663. The molecule has 3 unspecified atom stereocenters. The molecule has 0 bridgehead atoms. The third-order valence-corrected chi connectivity index (χ3v) is 3.87. The standard InChI is InChI=1S/C13H23N5/c1-10-7-18(8-13(10)17(2)3)12(6-14)11-4-5-15-9-16-11/h4-5,9-10,12-13H,6-8,14H2,1-3H3. The molecule has 5 nitrogen and oxygen atoms in total. The lowest BCUT2D eigenvalue weighted by Gasteiger charge is -2.27. The van der Waals surface area contributed by atoms with Crippen LogP contribution >= 0.6 is 0 Å². The second-order valence-corrected chi connectivity index (χ2v) is 5.35. The summed E-state index contributed by atoms with van der Waals surface area (Å²) in [6, 6.07) is 2.77. The van der Waals surface area contributed by atoms with Crippen molar-refractivity contribution in [3.05, 3.63) is 24.3 Å². The second kappa shape index (κ2) is 5.73. The lowest BCUT2D eigenvalue weighted by molar-refractivity contribution is 0.216.